The number of rotatable bonds is 6. The van der Waals surface area contributed by atoms with Crippen molar-refractivity contribution in [3.63, 3.8) is 0 Å². The van der Waals surface area contributed by atoms with Crippen molar-refractivity contribution in [3.8, 4) is 11.5 Å². The molecule has 9 nitrogen and oxygen atoms in total. The summed E-state index contributed by atoms with van der Waals surface area (Å²) in [6.07, 6.45) is 2.96. The van der Waals surface area contributed by atoms with E-state index in [0.717, 1.165) is 4.68 Å². The Labute approximate surface area is 160 Å². The normalized spacial score (nSPS) is 12.0. The van der Waals surface area contributed by atoms with E-state index in [2.05, 4.69) is 15.4 Å². The third-order valence-corrected chi connectivity index (χ3v) is 4.51. The van der Waals surface area contributed by atoms with Gasteiger partial charge in [0.25, 0.3) is 11.1 Å². The van der Waals surface area contributed by atoms with Gasteiger partial charge in [-0.2, -0.15) is 5.10 Å². The minimum absolute atomic E-state index is 0.140. The number of carbonyl (C=O) groups is 1. The molecule has 3 rings (SSSR count). The van der Waals surface area contributed by atoms with Gasteiger partial charge in [0.1, 0.15) is 11.7 Å². The van der Waals surface area contributed by atoms with Gasteiger partial charge in [0.05, 0.1) is 12.6 Å². The lowest BCUT2D eigenvalue weighted by Gasteiger charge is -2.15. The molecule has 0 aliphatic heterocycles. The van der Waals surface area contributed by atoms with Crippen molar-refractivity contribution in [2.24, 2.45) is 0 Å². The van der Waals surface area contributed by atoms with Crippen LogP contribution < -0.4 is 16.4 Å². The highest BCUT2D eigenvalue weighted by Gasteiger charge is 2.18. The van der Waals surface area contributed by atoms with Crippen LogP contribution in [0.3, 0.4) is 0 Å². The van der Waals surface area contributed by atoms with Crippen LogP contribution in [0.4, 0.5) is 0 Å². The van der Waals surface area contributed by atoms with Crippen LogP contribution in [-0.2, 0) is 11.3 Å². The van der Waals surface area contributed by atoms with Crippen molar-refractivity contribution in [1.82, 2.24) is 24.6 Å². The van der Waals surface area contributed by atoms with E-state index in [0.29, 0.717) is 22.7 Å². The second kappa shape index (κ2) is 8.03. The molecule has 0 bridgehead atoms. The van der Waals surface area contributed by atoms with Crippen LogP contribution in [0.2, 0.25) is 0 Å². The fourth-order valence-electron chi connectivity index (χ4n) is 2.65. The topological polar surface area (TPSA) is 112 Å². The van der Waals surface area contributed by atoms with E-state index in [1.807, 2.05) is 0 Å². The molecule has 0 saturated carbocycles. The number of amides is 1. The molecule has 1 atom stereocenters. The Bertz CT molecular complexity index is 1100. The summed E-state index contributed by atoms with van der Waals surface area (Å²) in [4.78, 5) is 40.9. The molecule has 0 fully saturated rings. The van der Waals surface area contributed by atoms with E-state index < -0.39 is 11.6 Å². The molecule has 0 aromatic carbocycles. The first-order chi connectivity index (χ1) is 13.4. The molecule has 9 heteroatoms. The maximum absolute atomic E-state index is 12.5. The number of nitrogens with one attached hydrogen (secondary N) is 1. The largest absolute Gasteiger partial charge is 0.463 e. The minimum Gasteiger partial charge on any atom is -0.463 e. The zero-order valence-corrected chi connectivity index (χ0v) is 15.9. The lowest BCUT2D eigenvalue weighted by molar-refractivity contribution is -0.124. The second-order valence-corrected chi connectivity index (χ2v) is 6.40. The Morgan fingerprint density at radius 1 is 1.25 bits per heavy atom. The van der Waals surface area contributed by atoms with Crippen LogP contribution in [0.25, 0.3) is 11.5 Å². The quantitative estimate of drug-likeness (QED) is 0.681. The monoisotopic (exact) mass is 383 g/mol. The van der Waals surface area contributed by atoms with Crippen molar-refractivity contribution in [1.29, 1.82) is 0 Å². The number of hydrogen-bond acceptors (Lipinski definition) is 6. The van der Waals surface area contributed by atoms with Gasteiger partial charge in [-0.3, -0.25) is 19.0 Å². The van der Waals surface area contributed by atoms with Gasteiger partial charge in [-0.15, -0.1) is 0 Å². The maximum Gasteiger partial charge on any atom is 0.267 e. The predicted molar refractivity (Wildman–Crippen MR) is 102 cm³/mol. The highest BCUT2D eigenvalue weighted by molar-refractivity contribution is 5.79. The first-order valence-corrected chi connectivity index (χ1v) is 8.82. The van der Waals surface area contributed by atoms with Crippen LogP contribution in [0.1, 0.15) is 24.2 Å². The van der Waals surface area contributed by atoms with Crippen LogP contribution in [0, 0.1) is 13.8 Å². The number of hydrogen-bond donors (Lipinski definition) is 1. The zero-order valence-electron chi connectivity index (χ0n) is 15.9. The molecule has 28 heavy (non-hydrogen) atoms. The van der Waals surface area contributed by atoms with Crippen molar-refractivity contribution in [2.45, 2.75) is 33.4 Å². The lowest BCUT2D eigenvalue weighted by Crippen LogP contribution is -2.39. The summed E-state index contributed by atoms with van der Waals surface area (Å²) < 4.78 is 7.83. The van der Waals surface area contributed by atoms with E-state index in [-0.39, 0.29) is 24.6 Å². The Morgan fingerprint density at radius 3 is 2.75 bits per heavy atom. The molecule has 0 radical (unpaired) electrons. The Balaban J connectivity index is 1.68. The lowest BCUT2D eigenvalue weighted by atomic mass is 10.2. The third kappa shape index (κ3) is 3.93. The van der Waals surface area contributed by atoms with Crippen LogP contribution >= 0.6 is 0 Å². The molecule has 1 amide bonds. The first-order valence-electron chi connectivity index (χ1n) is 8.82. The Kier molecular flexibility index (Phi) is 5.53. The molecule has 1 N–H and O–H groups in total. The molecule has 0 saturated heterocycles. The number of carbonyl (C=O) groups excluding carboxylic acids is 1. The van der Waals surface area contributed by atoms with Gasteiger partial charge >= 0.3 is 0 Å². The number of aromatic nitrogens is 4. The summed E-state index contributed by atoms with van der Waals surface area (Å²) in [5.74, 6) is 0.124. The fraction of sp³-hybridized carbons (Fsp3) is 0.316. The van der Waals surface area contributed by atoms with Crippen LogP contribution in [0.15, 0.2) is 50.9 Å². The number of aryl methyl sites for hydroxylation is 1. The smallest absolute Gasteiger partial charge is 0.267 e. The van der Waals surface area contributed by atoms with Gasteiger partial charge in [0.2, 0.25) is 5.91 Å². The van der Waals surface area contributed by atoms with Crippen molar-refractivity contribution in [3.05, 3.63) is 68.8 Å². The van der Waals surface area contributed by atoms with Gasteiger partial charge in [-0.05, 0) is 39.0 Å². The van der Waals surface area contributed by atoms with Crippen molar-refractivity contribution < 1.29 is 9.21 Å². The average Bonchev–Trinajstić information content (AvgIpc) is 3.22. The molecule has 3 aromatic rings. The van der Waals surface area contributed by atoms with Gasteiger partial charge in [0, 0.05) is 30.4 Å². The summed E-state index contributed by atoms with van der Waals surface area (Å²) in [5.41, 5.74) is 1.18. The van der Waals surface area contributed by atoms with Gasteiger partial charge < -0.3 is 9.73 Å². The van der Waals surface area contributed by atoms with E-state index in [9.17, 15) is 14.4 Å². The van der Waals surface area contributed by atoms with E-state index in [4.69, 9.17) is 4.42 Å². The highest BCUT2D eigenvalue weighted by atomic mass is 16.3. The minimum atomic E-state index is -0.822. The zero-order chi connectivity index (χ0) is 20.3. The Hall–Kier alpha value is -3.49. The maximum atomic E-state index is 12.5. The highest BCUT2D eigenvalue weighted by Crippen LogP contribution is 2.16. The van der Waals surface area contributed by atoms with Crippen molar-refractivity contribution >= 4 is 5.91 Å². The first kappa shape index (κ1) is 19.3. The standard InChI is InChI=1S/C19H21N5O4/c1-12-13(2)21-11-23(19(12)27)9-8-20-18(26)14(3)24-17(25)7-6-15(22-24)16-5-4-10-28-16/h4-7,10-11,14H,8-9H2,1-3H3,(H,20,26). The van der Waals surface area contributed by atoms with E-state index in [1.54, 1.807) is 39.0 Å². The molecule has 0 aliphatic rings. The molecular formula is C19H21N5O4. The summed E-state index contributed by atoms with van der Waals surface area (Å²) in [6, 6.07) is 5.50. The number of furan rings is 1. The molecular weight excluding hydrogens is 362 g/mol. The van der Waals surface area contributed by atoms with Gasteiger partial charge in [-0.1, -0.05) is 0 Å². The molecule has 1 unspecified atom stereocenters. The summed E-state index contributed by atoms with van der Waals surface area (Å²) >= 11 is 0. The Morgan fingerprint density at radius 2 is 2.04 bits per heavy atom. The number of nitrogens with zero attached hydrogens (tertiary/aromatic N) is 4. The second-order valence-electron chi connectivity index (χ2n) is 6.40. The summed E-state index contributed by atoms with van der Waals surface area (Å²) in [5, 5.41) is 6.94. The summed E-state index contributed by atoms with van der Waals surface area (Å²) in [7, 11) is 0. The van der Waals surface area contributed by atoms with Crippen LogP contribution in [-0.4, -0.2) is 31.8 Å². The predicted octanol–water partition coefficient (Wildman–Crippen LogP) is 1.05. The molecule has 0 spiro atoms. The summed E-state index contributed by atoms with van der Waals surface area (Å²) in [6.45, 7) is 5.57. The average molecular weight is 383 g/mol. The molecule has 3 heterocycles. The van der Waals surface area contributed by atoms with E-state index in [1.165, 1.54) is 23.2 Å². The molecule has 0 aliphatic carbocycles. The molecule has 146 valence electrons. The van der Waals surface area contributed by atoms with E-state index >= 15 is 0 Å². The molecule has 3 aromatic heterocycles. The van der Waals surface area contributed by atoms with Gasteiger partial charge in [0.15, 0.2) is 5.76 Å². The van der Waals surface area contributed by atoms with Crippen LogP contribution in [0.5, 0.6) is 0 Å². The fourth-order valence-corrected chi connectivity index (χ4v) is 2.65. The van der Waals surface area contributed by atoms with Gasteiger partial charge in [-0.25, -0.2) is 9.67 Å². The third-order valence-electron chi connectivity index (χ3n) is 4.51. The van der Waals surface area contributed by atoms with Crippen molar-refractivity contribution in [2.75, 3.05) is 6.54 Å². The SMILES string of the molecule is Cc1ncn(CCNC(=O)C(C)n2nc(-c3ccco3)ccc2=O)c(=O)c1C.